The van der Waals surface area contributed by atoms with Gasteiger partial charge in [0.2, 0.25) is 0 Å². The van der Waals surface area contributed by atoms with Gasteiger partial charge in [-0.3, -0.25) is 0 Å². The Kier molecular flexibility index (Phi) is 3.31. The van der Waals surface area contributed by atoms with Crippen LogP contribution >= 0.6 is 11.3 Å². The molecular formula is C12H12FNOS. The largest absolute Gasteiger partial charge is 0.396 e. The van der Waals surface area contributed by atoms with E-state index in [0.29, 0.717) is 17.7 Å². The summed E-state index contributed by atoms with van der Waals surface area (Å²) in [6, 6.07) is 6.61. The zero-order valence-corrected chi connectivity index (χ0v) is 9.72. The van der Waals surface area contributed by atoms with Gasteiger partial charge in [0.25, 0.3) is 0 Å². The Morgan fingerprint density at radius 1 is 1.38 bits per heavy atom. The van der Waals surface area contributed by atoms with Gasteiger partial charge in [0.1, 0.15) is 5.82 Å². The van der Waals surface area contributed by atoms with Crippen LogP contribution in [-0.2, 0) is 6.42 Å². The number of halogens is 1. The summed E-state index contributed by atoms with van der Waals surface area (Å²) in [7, 11) is 0. The van der Waals surface area contributed by atoms with Gasteiger partial charge in [-0.2, -0.15) is 0 Å². The number of hydrogen-bond donors (Lipinski definition) is 1. The fourth-order valence-corrected chi connectivity index (χ4v) is 2.49. The van der Waals surface area contributed by atoms with Gasteiger partial charge >= 0.3 is 0 Å². The van der Waals surface area contributed by atoms with Crippen molar-refractivity contribution in [1.82, 2.24) is 4.98 Å². The maximum atomic E-state index is 13.6. The SMILES string of the molecule is Cc1sc(CCO)nc1-c1ccccc1F. The first-order chi connectivity index (χ1) is 7.72. The molecule has 0 saturated carbocycles. The number of aliphatic hydroxyl groups excluding tert-OH is 1. The number of rotatable bonds is 3. The number of aryl methyl sites for hydroxylation is 1. The zero-order chi connectivity index (χ0) is 11.5. The predicted octanol–water partition coefficient (Wildman–Crippen LogP) is 2.79. The van der Waals surface area contributed by atoms with E-state index in [9.17, 15) is 4.39 Å². The van der Waals surface area contributed by atoms with Gasteiger partial charge in [-0.15, -0.1) is 11.3 Å². The molecule has 2 aromatic rings. The van der Waals surface area contributed by atoms with E-state index in [1.165, 1.54) is 17.4 Å². The normalized spacial score (nSPS) is 10.7. The minimum atomic E-state index is -0.258. The molecule has 0 saturated heterocycles. The van der Waals surface area contributed by atoms with Crippen LogP contribution in [0.2, 0.25) is 0 Å². The molecule has 0 radical (unpaired) electrons. The van der Waals surface area contributed by atoms with Crippen LogP contribution in [-0.4, -0.2) is 16.7 Å². The third-order valence-corrected chi connectivity index (χ3v) is 3.33. The molecule has 1 aromatic carbocycles. The van der Waals surface area contributed by atoms with E-state index >= 15 is 0 Å². The van der Waals surface area contributed by atoms with Gasteiger partial charge < -0.3 is 5.11 Å². The first-order valence-corrected chi connectivity index (χ1v) is 5.86. The number of aromatic nitrogens is 1. The summed E-state index contributed by atoms with van der Waals surface area (Å²) in [5.74, 6) is -0.258. The lowest BCUT2D eigenvalue weighted by molar-refractivity contribution is 0.299. The van der Waals surface area contributed by atoms with Gasteiger partial charge in [-0.1, -0.05) is 12.1 Å². The highest BCUT2D eigenvalue weighted by molar-refractivity contribution is 7.12. The number of benzene rings is 1. The van der Waals surface area contributed by atoms with E-state index < -0.39 is 0 Å². The number of thiazole rings is 1. The topological polar surface area (TPSA) is 33.1 Å². The summed E-state index contributed by atoms with van der Waals surface area (Å²) in [4.78, 5) is 5.33. The average molecular weight is 237 g/mol. The summed E-state index contributed by atoms with van der Waals surface area (Å²) >= 11 is 1.50. The van der Waals surface area contributed by atoms with E-state index in [1.54, 1.807) is 18.2 Å². The van der Waals surface area contributed by atoms with E-state index in [-0.39, 0.29) is 12.4 Å². The Bertz CT molecular complexity index is 496. The quantitative estimate of drug-likeness (QED) is 0.890. The monoisotopic (exact) mass is 237 g/mol. The standard InChI is InChI=1S/C12H12FNOS/c1-8-12(14-11(16-8)6-7-15)9-4-2-3-5-10(9)13/h2-5,15H,6-7H2,1H3. The van der Waals surface area contributed by atoms with Crippen LogP contribution in [0.1, 0.15) is 9.88 Å². The lowest BCUT2D eigenvalue weighted by Crippen LogP contribution is -1.90. The van der Waals surface area contributed by atoms with Crippen molar-refractivity contribution in [3.63, 3.8) is 0 Å². The van der Waals surface area contributed by atoms with Crippen LogP contribution in [0.15, 0.2) is 24.3 Å². The van der Waals surface area contributed by atoms with Crippen molar-refractivity contribution < 1.29 is 9.50 Å². The van der Waals surface area contributed by atoms with Crippen LogP contribution in [0, 0.1) is 12.7 Å². The van der Waals surface area contributed by atoms with Crippen molar-refractivity contribution in [1.29, 1.82) is 0 Å². The maximum Gasteiger partial charge on any atom is 0.132 e. The fourth-order valence-electron chi connectivity index (χ4n) is 1.56. The molecule has 0 spiro atoms. The third kappa shape index (κ3) is 2.13. The second-order valence-electron chi connectivity index (χ2n) is 3.47. The van der Waals surface area contributed by atoms with E-state index in [2.05, 4.69) is 4.98 Å². The van der Waals surface area contributed by atoms with Gasteiger partial charge in [-0.25, -0.2) is 9.37 Å². The Balaban J connectivity index is 2.44. The second kappa shape index (κ2) is 4.72. The predicted molar refractivity (Wildman–Crippen MR) is 63.0 cm³/mol. The summed E-state index contributed by atoms with van der Waals surface area (Å²) < 4.78 is 13.6. The van der Waals surface area contributed by atoms with E-state index in [1.807, 2.05) is 6.92 Å². The van der Waals surface area contributed by atoms with Crippen LogP contribution in [0.5, 0.6) is 0 Å². The molecule has 84 valence electrons. The van der Waals surface area contributed by atoms with Crippen LogP contribution < -0.4 is 0 Å². The van der Waals surface area contributed by atoms with Gasteiger partial charge in [0.15, 0.2) is 0 Å². The molecule has 0 aliphatic rings. The molecule has 4 heteroatoms. The van der Waals surface area contributed by atoms with E-state index in [0.717, 1.165) is 9.88 Å². The molecule has 0 fully saturated rings. The zero-order valence-electron chi connectivity index (χ0n) is 8.90. The molecule has 1 heterocycles. The molecule has 0 bridgehead atoms. The minimum absolute atomic E-state index is 0.0731. The molecule has 0 aliphatic carbocycles. The highest BCUT2D eigenvalue weighted by Gasteiger charge is 2.12. The summed E-state index contributed by atoms with van der Waals surface area (Å²) in [6.45, 7) is 1.99. The van der Waals surface area contributed by atoms with Crippen molar-refractivity contribution in [2.45, 2.75) is 13.3 Å². The van der Waals surface area contributed by atoms with Crippen LogP contribution in [0.4, 0.5) is 4.39 Å². The van der Waals surface area contributed by atoms with Crippen molar-refractivity contribution in [3.8, 4) is 11.3 Å². The third-order valence-electron chi connectivity index (χ3n) is 2.30. The Labute approximate surface area is 97.4 Å². The summed E-state index contributed by atoms with van der Waals surface area (Å²) in [5, 5.41) is 9.68. The summed E-state index contributed by atoms with van der Waals surface area (Å²) in [6.07, 6.45) is 0.528. The molecule has 2 nitrogen and oxygen atoms in total. The highest BCUT2D eigenvalue weighted by Crippen LogP contribution is 2.29. The highest BCUT2D eigenvalue weighted by atomic mass is 32.1. The van der Waals surface area contributed by atoms with Crippen molar-refractivity contribution in [2.75, 3.05) is 6.61 Å². The molecule has 0 amide bonds. The van der Waals surface area contributed by atoms with E-state index in [4.69, 9.17) is 5.11 Å². The summed E-state index contributed by atoms with van der Waals surface area (Å²) in [5.41, 5.74) is 1.21. The lowest BCUT2D eigenvalue weighted by atomic mass is 10.1. The fraction of sp³-hybridized carbons (Fsp3) is 0.250. The number of aliphatic hydroxyl groups is 1. The number of hydrogen-bond acceptors (Lipinski definition) is 3. The van der Waals surface area contributed by atoms with Crippen LogP contribution in [0.25, 0.3) is 11.3 Å². The Hall–Kier alpha value is -1.26. The van der Waals surface area contributed by atoms with Crippen molar-refractivity contribution in [3.05, 3.63) is 40.0 Å². The van der Waals surface area contributed by atoms with Gasteiger partial charge in [0.05, 0.1) is 10.7 Å². The molecule has 16 heavy (non-hydrogen) atoms. The van der Waals surface area contributed by atoms with Gasteiger partial charge in [0, 0.05) is 23.5 Å². The maximum absolute atomic E-state index is 13.6. The van der Waals surface area contributed by atoms with Gasteiger partial charge in [-0.05, 0) is 19.1 Å². The van der Waals surface area contributed by atoms with Crippen LogP contribution in [0.3, 0.4) is 0 Å². The molecule has 1 N–H and O–H groups in total. The molecule has 0 unspecified atom stereocenters. The molecule has 0 aliphatic heterocycles. The number of nitrogens with zero attached hydrogens (tertiary/aromatic N) is 1. The first-order valence-electron chi connectivity index (χ1n) is 5.04. The second-order valence-corrected chi connectivity index (χ2v) is 4.75. The molecular weight excluding hydrogens is 225 g/mol. The molecule has 0 atom stereocenters. The Morgan fingerprint density at radius 2 is 2.12 bits per heavy atom. The first kappa shape index (κ1) is 11.2. The average Bonchev–Trinajstić information content (AvgIpc) is 2.61. The Morgan fingerprint density at radius 3 is 2.81 bits per heavy atom. The minimum Gasteiger partial charge on any atom is -0.396 e. The molecule has 2 rings (SSSR count). The smallest absolute Gasteiger partial charge is 0.132 e. The molecule has 1 aromatic heterocycles. The lowest BCUT2D eigenvalue weighted by Gasteiger charge is -1.99. The van der Waals surface area contributed by atoms with Crippen molar-refractivity contribution in [2.24, 2.45) is 0 Å². The van der Waals surface area contributed by atoms with Crippen molar-refractivity contribution >= 4 is 11.3 Å².